The zero-order valence-corrected chi connectivity index (χ0v) is 15.7. The third-order valence-electron chi connectivity index (χ3n) is 4.74. The van der Waals surface area contributed by atoms with Crippen molar-refractivity contribution in [1.29, 1.82) is 0 Å². The summed E-state index contributed by atoms with van der Waals surface area (Å²) in [6.07, 6.45) is 1.42. The summed E-state index contributed by atoms with van der Waals surface area (Å²) in [5, 5.41) is 12.5. The third-order valence-corrected chi connectivity index (χ3v) is 4.74. The van der Waals surface area contributed by atoms with Crippen LogP contribution in [0.4, 0.5) is 5.69 Å². The lowest BCUT2D eigenvalue weighted by atomic mass is 9.87. The van der Waals surface area contributed by atoms with Gasteiger partial charge in [0.15, 0.2) is 0 Å². The number of hydrogen-bond acceptors (Lipinski definition) is 3. The van der Waals surface area contributed by atoms with Crippen molar-refractivity contribution in [3.63, 3.8) is 0 Å². The molecule has 1 aliphatic heterocycles. The Balaban J connectivity index is 1.93. The van der Waals surface area contributed by atoms with Crippen LogP contribution in [0.25, 0.3) is 0 Å². The SMILES string of the molecule is CCc1ccc(N2CC(C(=O)NCC(C)(C)CC(C)O)CC2=O)cc1. The van der Waals surface area contributed by atoms with Crippen LogP contribution in [-0.4, -0.2) is 36.1 Å². The van der Waals surface area contributed by atoms with E-state index < -0.39 is 6.10 Å². The minimum Gasteiger partial charge on any atom is -0.393 e. The lowest BCUT2D eigenvalue weighted by Gasteiger charge is -2.27. The standard InChI is InChI=1S/C20H30N2O3/c1-5-15-6-8-17(9-7-15)22-12-16(10-18(22)24)19(25)21-13-20(3,4)11-14(2)23/h6-9,14,16,23H,5,10-13H2,1-4H3,(H,21,25). The number of nitrogens with zero attached hydrogens (tertiary/aromatic N) is 1. The largest absolute Gasteiger partial charge is 0.393 e. The summed E-state index contributed by atoms with van der Waals surface area (Å²) in [6, 6.07) is 7.94. The van der Waals surface area contributed by atoms with E-state index in [-0.39, 0.29) is 29.6 Å². The van der Waals surface area contributed by atoms with E-state index in [1.165, 1.54) is 5.56 Å². The van der Waals surface area contributed by atoms with Gasteiger partial charge in [0.2, 0.25) is 11.8 Å². The van der Waals surface area contributed by atoms with Gasteiger partial charge in [0.05, 0.1) is 12.0 Å². The average Bonchev–Trinajstić information content (AvgIpc) is 2.93. The van der Waals surface area contributed by atoms with Gasteiger partial charge in [-0.05, 0) is 42.9 Å². The van der Waals surface area contributed by atoms with E-state index in [9.17, 15) is 14.7 Å². The lowest BCUT2D eigenvalue weighted by Crippen LogP contribution is -2.39. The van der Waals surface area contributed by atoms with Crippen LogP contribution in [0.15, 0.2) is 24.3 Å². The molecular weight excluding hydrogens is 316 g/mol. The first kappa shape index (κ1) is 19.4. The molecule has 25 heavy (non-hydrogen) atoms. The predicted molar refractivity (Wildman–Crippen MR) is 99.4 cm³/mol. The first-order valence-corrected chi connectivity index (χ1v) is 9.07. The van der Waals surface area contributed by atoms with E-state index in [0.717, 1.165) is 12.1 Å². The van der Waals surface area contributed by atoms with Crippen LogP contribution >= 0.6 is 0 Å². The van der Waals surface area contributed by atoms with Gasteiger partial charge in [0.1, 0.15) is 0 Å². The predicted octanol–water partition coefficient (Wildman–Crippen LogP) is 2.52. The Morgan fingerprint density at radius 3 is 2.56 bits per heavy atom. The molecule has 0 bridgehead atoms. The van der Waals surface area contributed by atoms with Gasteiger partial charge in [-0.2, -0.15) is 0 Å². The number of aliphatic hydroxyl groups excluding tert-OH is 1. The van der Waals surface area contributed by atoms with Gasteiger partial charge in [-0.15, -0.1) is 0 Å². The summed E-state index contributed by atoms with van der Waals surface area (Å²) in [5.74, 6) is -0.409. The Labute approximate surface area is 150 Å². The maximum absolute atomic E-state index is 12.4. The minimum absolute atomic E-state index is 0.00682. The quantitative estimate of drug-likeness (QED) is 0.797. The van der Waals surface area contributed by atoms with Crippen LogP contribution < -0.4 is 10.2 Å². The first-order valence-electron chi connectivity index (χ1n) is 9.07. The van der Waals surface area contributed by atoms with Crippen molar-refractivity contribution < 1.29 is 14.7 Å². The number of carbonyl (C=O) groups excluding carboxylic acids is 2. The number of amides is 2. The van der Waals surface area contributed by atoms with Gasteiger partial charge in [0, 0.05) is 25.2 Å². The number of aryl methyl sites for hydroxylation is 1. The molecule has 2 atom stereocenters. The fourth-order valence-corrected chi connectivity index (χ4v) is 3.39. The zero-order chi connectivity index (χ0) is 18.6. The highest BCUT2D eigenvalue weighted by molar-refractivity contribution is 6.00. The summed E-state index contributed by atoms with van der Waals surface area (Å²) >= 11 is 0. The van der Waals surface area contributed by atoms with E-state index in [0.29, 0.717) is 19.5 Å². The molecule has 1 aromatic carbocycles. The Kier molecular flexibility index (Phi) is 6.22. The second-order valence-electron chi connectivity index (χ2n) is 7.86. The van der Waals surface area contributed by atoms with Crippen molar-refractivity contribution in [2.24, 2.45) is 11.3 Å². The van der Waals surface area contributed by atoms with Crippen LogP contribution in [0, 0.1) is 11.3 Å². The fourth-order valence-electron chi connectivity index (χ4n) is 3.39. The number of benzene rings is 1. The van der Waals surface area contributed by atoms with Gasteiger partial charge >= 0.3 is 0 Å². The summed E-state index contributed by atoms with van der Waals surface area (Å²) in [6.45, 7) is 8.79. The normalized spacial score (nSPS) is 19.2. The molecule has 2 rings (SSSR count). The molecule has 1 fully saturated rings. The van der Waals surface area contributed by atoms with Gasteiger partial charge < -0.3 is 15.3 Å². The van der Waals surface area contributed by atoms with Crippen LogP contribution in [0.1, 0.15) is 46.1 Å². The smallest absolute Gasteiger partial charge is 0.227 e. The molecule has 138 valence electrons. The molecule has 1 saturated heterocycles. The van der Waals surface area contributed by atoms with E-state index >= 15 is 0 Å². The molecule has 2 amide bonds. The minimum atomic E-state index is -0.401. The van der Waals surface area contributed by atoms with Crippen LogP contribution in [0.2, 0.25) is 0 Å². The molecule has 0 saturated carbocycles. The average molecular weight is 346 g/mol. The Hall–Kier alpha value is -1.88. The second kappa shape index (κ2) is 8.00. The molecule has 0 aliphatic carbocycles. The highest BCUT2D eigenvalue weighted by Crippen LogP contribution is 2.26. The maximum Gasteiger partial charge on any atom is 0.227 e. The van der Waals surface area contributed by atoms with Crippen molar-refractivity contribution in [3.8, 4) is 0 Å². The van der Waals surface area contributed by atoms with Crippen molar-refractivity contribution in [2.75, 3.05) is 18.0 Å². The van der Waals surface area contributed by atoms with Crippen molar-refractivity contribution in [2.45, 2.75) is 53.1 Å². The molecular formula is C20H30N2O3. The number of hydrogen-bond donors (Lipinski definition) is 2. The maximum atomic E-state index is 12.4. The van der Waals surface area contributed by atoms with Crippen LogP contribution in [-0.2, 0) is 16.0 Å². The Morgan fingerprint density at radius 1 is 1.36 bits per heavy atom. The van der Waals surface area contributed by atoms with E-state index in [2.05, 4.69) is 12.2 Å². The first-order chi connectivity index (χ1) is 11.7. The third kappa shape index (κ3) is 5.30. The molecule has 0 radical (unpaired) electrons. The van der Waals surface area contributed by atoms with Crippen LogP contribution in [0.5, 0.6) is 0 Å². The van der Waals surface area contributed by atoms with E-state index in [1.54, 1.807) is 11.8 Å². The van der Waals surface area contributed by atoms with Crippen molar-refractivity contribution in [1.82, 2.24) is 5.32 Å². The molecule has 2 N–H and O–H groups in total. The fraction of sp³-hybridized carbons (Fsp3) is 0.600. The monoisotopic (exact) mass is 346 g/mol. The number of aliphatic hydroxyl groups is 1. The molecule has 1 aliphatic rings. The molecule has 1 heterocycles. The summed E-state index contributed by atoms with van der Waals surface area (Å²) in [4.78, 5) is 26.5. The number of anilines is 1. The molecule has 1 aromatic rings. The van der Waals surface area contributed by atoms with E-state index in [4.69, 9.17) is 0 Å². The summed E-state index contributed by atoms with van der Waals surface area (Å²) < 4.78 is 0. The van der Waals surface area contributed by atoms with Gasteiger partial charge in [-0.1, -0.05) is 32.9 Å². The van der Waals surface area contributed by atoms with Gasteiger partial charge in [0.25, 0.3) is 0 Å². The Morgan fingerprint density at radius 2 is 2.00 bits per heavy atom. The van der Waals surface area contributed by atoms with Gasteiger partial charge in [-0.3, -0.25) is 9.59 Å². The van der Waals surface area contributed by atoms with E-state index in [1.807, 2.05) is 38.1 Å². The highest BCUT2D eigenvalue weighted by atomic mass is 16.3. The molecule has 5 nitrogen and oxygen atoms in total. The van der Waals surface area contributed by atoms with Crippen molar-refractivity contribution in [3.05, 3.63) is 29.8 Å². The molecule has 0 spiro atoms. The van der Waals surface area contributed by atoms with Gasteiger partial charge in [-0.25, -0.2) is 0 Å². The zero-order valence-electron chi connectivity index (χ0n) is 15.7. The number of rotatable bonds is 7. The lowest BCUT2D eigenvalue weighted by molar-refractivity contribution is -0.126. The Bertz CT molecular complexity index is 608. The molecule has 5 heteroatoms. The second-order valence-corrected chi connectivity index (χ2v) is 7.86. The molecule has 2 unspecified atom stereocenters. The number of nitrogens with one attached hydrogen (secondary N) is 1. The van der Waals surface area contributed by atoms with Crippen molar-refractivity contribution >= 4 is 17.5 Å². The summed E-state index contributed by atoms with van der Waals surface area (Å²) in [5.41, 5.74) is 1.90. The topological polar surface area (TPSA) is 69.6 Å². The molecule has 0 aromatic heterocycles. The van der Waals surface area contributed by atoms with Crippen LogP contribution in [0.3, 0.4) is 0 Å². The highest BCUT2D eigenvalue weighted by Gasteiger charge is 2.35. The number of carbonyl (C=O) groups is 2. The summed E-state index contributed by atoms with van der Waals surface area (Å²) in [7, 11) is 0.